The van der Waals surface area contributed by atoms with Gasteiger partial charge in [0, 0.05) is 49.0 Å². The number of aromatic nitrogens is 4. The molecule has 42 heavy (non-hydrogen) atoms. The number of nitrogens with zero attached hydrogens (tertiary/aromatic N) is 5. The fourth-order valence-corrected chi connectivity index (χ4v) is 6.33. The maximum atomic E-state index is 13.6. The van der Waals surface area contributed by atoms with E-state index < -0.39 is 12.0 Å². The second-order valence-corrected chi connectivity index (χ2v) is 11.4. The molecule has 0 bridgehead atoms. The molecule has 0 spiro atoms. The molecule has 3 aromatic rings. The van der Waals surface area contributed by atoms with Crippen LogP contribution < -0.4 is 0 Å². The highest BCUT2D eigenvalue weighted by atomic mass is 16.4. The molecule has 1 amide bonds. The maximum absolute atomic E-state index is 13.6. The summed E-state index contributed by atoms with van der Waals surface area (Å²) in [6.07, 6.45) is 13.9. The summed E-state index contributed by atoms with van der Waals surface area (Å²) in [5.74, 6) is 0.508. The lowest BCUT2D eigenvalue weighted by atomic mass is 9.87. The molecule has 0 aliphatic heterocycles. The number of hydrogen-bond acceptors (Lipinski definition) is 6. The van der Waals surface area contributed by atoms with Crippen LogP contribution in [0.3, 0.4) is 0 Å². The van der Waals surface area contributed by atoms with Crippen LogP contribution in [0.15, 0.2) is 49.1 Å². The second kappa shape index (κ2) is 15.7. The number of hydrogen-bond donors (Lipinski definition) is 3. The fraction of sp³-hybridized carbons (Fsp3) is 0.562. The van der Waals surface area contributed by atoms with Crippen LogP contribution in [-0.2, 0) is 24.4 Å². The number of carbonyl (C=O) groups excluding carboxylic acids is 1. The Morgan fingerprint density at radius 1 is 0.857 bits per heavy atom. The summed E-state index contributed by atoms with van der Waals surface area (Å²) in [7, 11) is 0. The first kappa shape index (κ1) is 31.4. The number of benzene rings is 1. The summed E-state index contributed by atoms with van der Waals surface area (Å²) in [6.45, 7) is 9.90. The Balaban J connectivity index is 1.46. The van der Waals surface area contributed by atoms with Crippen LogP contribution in [0, 0.1) is 0 Å². The van der Waals surface area contributed by atoms with Crippen molar-refractivity contribution < 1.29 is 14.7 Å². The number of imidazole rings is 2. The molecule has 1 fully saturated rings. The summed E-state index contributed by atoms with van der Waals surface area (Å²) < 4.78 is 0. The van der Waals surface area contributed by atoms with E-state index in [4.69, 9.17) is 0 Å². The van der Waals surface area contributed by atoms with E-state index in [2.05, 4.69) is 43.6 Å². The third kappa shape index (κ3) is 8.29. The topological polar surface area (TPSA) is 121 Å². The molecule has 1 saturated carbocycles. The van der Waals surface area contributed by atoms with E-state index in [1.54, 1.807) is 29.7 Å². The van der Waals surface area contributed by atoms with E-state index in [0.717, 1.165) is 57.2 Å². The maximum Gasteiger partial charge on any atom is 0.320 e. The first-order valence-corrected chi connectivity index (χ1v) is 15.5. The SMILES string of the molecule is CCCN(CCC)C1CCC(N(Cc2ccc(C(=O)N(Cc3ncc[nH]3)Cc3ncc[nH]3)cc2)C(CC)C(=O)O)CC1. The molecule has 1 atom stereocenters. The van der Waals surface area contributed by atoms with Crippen LogP contribution in [0.25, 0.3) is 0 Å². The van der Waals surface area contributed by atoms with Gasteiger partial charge in [0.1, 0.15) is 17.7 Å². The van der Waals surface area contributed by atoms with Gasteiger partial charge in [-0.15, -0.1) is 0 Å². The number of H-pyrrole nitrogens is 2. The van der Waals surface area contributed by atoms with Crippen molar-refractivity contribution in [2.45, 2.75) is 103 Å². The van der Waals surface area contributed by atoms with Gasteiger partial charge in [-0.1, -0.05) is 32.9 Å². The molecule has 0 saturated heterocycles. The number of carbonyl (C=O) groups is 2. The smallest absolute Gasteiger partial charge is 0.320 e. The molecule has 1 aliphatic carbocycles. The largest absolute Gasteiger partial charge is 0.480 e. The van der Waals surface area contributed by atoms with Gasteiger partial charge in [-0.3, -0.25) is 14.5 Å². The van der Waals surface area contributed by atoms with Crippen LogP contribution in [0.4, 0.5) is 0 Å². The highest BCUT2D eigenvalue weighted by Crippen LogP contribution is 2.30. The number of carboxylic acid groups (broad SMARTS) is 1. The molecular formula is C32H47N7O3. The minimum atomic E-state index is -0.767. The van der Waals surface area contributed by atoms with Crippen LogP contribution in [0.5, 0.6) is 0 Å². The predicted molar refractivity (Wildman–Crippen MR) is 163 cm³/mol. The van der Waals surface area contributed by atoms with Gasteiger partial charge in [0.25, 0.3) is 5.91 Å². The van der Waals surface area contributed by atoms with Crippen molar-refractivity contribution in [3.8, 4) is 0 Å². The minimum Gasteiger partial charge on any atom is -0.480 e. The quantitative estimate of drug-likeness (QED) is 0.217. The van der Waals surface area contributed by atoms with Gasteiger partial charge in [0.2, 0.25) is 0 Å². The van der Waals surface area contributed by atoms with Gasteiger partial charge < -0.3 is 24.9 Å². The molecule has 3 N–H and O–H groups in total. The third-order valence-electron chi connectivity index (χ3n) is 8.39. The number of amides is 1. The van der Waals surface area contributed by atoms with Gasteiger partial charge in [-0.2, -0.15) is 0 Å². The van der Waals surface area contributed by atoms with Crippen molar-refractivity contribution in [2.24, 2.45) is 0 Å². The Hall–Kier alpha value is -3.50. The van der Waals surface area contributed by atoms with Crippen LogP contribution in [-0.4, -0.2) is 82.8 Å². The molecule has 228 valence electrons. The Bertz CT molecular complexity index is 1160. The predicted octanol–water partition coefficient (Wildman–Crippen LogP) is 5.07. The van der Waals surface area contributed by atoms with Crippen molar-refractivity contribution in [2.75, 3.05) is 13.1 Å². The number of aromatic amines is 2. The molecule has 10 heteroatoms. The first-order valence-electron chi connectivity index (χ1n) is 15.5. The Labute approximate surface area is 249 Å². The molecule has 2 aromatic heterocycles. The lowest BCUT2D eigenvalue weighted by molar-refractivity contribution is -0.145. The van der Waals surface area contributed by atoms with E-state index in [1.807, 2.05) is 31.2 Å². The zero-order chi connectivity index (χ0) is 29.9. The number of carboxylic acids is 1. The lowest BCUT2D eigenvalue weighted by Gasteiger charge is -2.42. The van der Waals surface area contributed by atoms with Gasteiger partial charge >= 0.3 is 5.97 Å². The van der Waals surface area contributed by atoms with Crippen molar-refractivity contribution in [3.05, 3.63) is 71.8 Å². The first-order chi connectivity index (χ1) is 20.4. The molecule has 4 rings (SSSR count). The zero-order valence-corrected chi connectivity index (χ0v) is 25.3. The number of rotatable bonds is 16. The van der Waals surface area contributed by atoms with Gasteiger partial charge in [0.05, 0.1) is 13.1 Å². The standard InChI is InChI=1S/C32H47N7O3/c1-4-19-37(20-5-2)26-11-13-27(14-12-26)39(28(6-3)32(41)42)21-24-7-9-25(10-8-24)31(40)38(22-29-33-15-16-34-29)23-30-35-17-18-36-30/h7-10,15-18,26-28H,4-6,11-14,19-23H2,1-3H3,(H,33,34)(H,35,36)(H,41,42). The van der Waals surface area contributed by atoms with Crippen molar-refractivity contribution in [1.82, 2.24) is 34.6 Å². The van der Waals surface area contributed by atoms with E-state index in [-0.39, 0.29) is 11.9 Å². The van der Waals surface area contributed by atoms with E-state index >= 15 is 0 Å². The van der Waals surface area contributed by atoms with Gasteiger partial charge in [-0.05, 0) is 75.7 Å². The van der Waals surface area contributed by atoms with Crippen LogP contribution in [0.1, 0.15) is 93.3 Å². The monoisotopic (exact) mass is 577 g/mol. The van der Waals surface area contributed by atoms with Crippen LogP contribution >= 0.6 is 0 Å². The molecule has 0 radical (unpaired) electrons. The normalized spacial score (nSPS) is 17.9. The van der Waals surface area contributed by atoms with Gasteiger partial charge in [0.15, 0.2) is 0 Å². The highest BCUT2D eigenvalue weighted by molar-refractivity contribution is 5.94. The molecule has 1 unspecified atom stereocenters. The van der Waals surface area contributed by atoms with E-state index in [9.17, 15) is 14.7 Å². The fourth-order valence-electron chi connectivity index (χ4n) is 6.33. The van der Waals surface area contributed by atoms with E-state index in [0.29, 0.717) is 49.3 Å². The summed E-state index contributed by atoms with van der Waals surface area (Å²) in [4.78, 5) is 47.1. The summed E-state index contributed by atoms with van der Waals surface area (Å²) >= 11 is 0. The van der Waals surface area contributed by atoms with Gasteiger partial charge in [-0.25, -0.2) is 9.97 Å². The number of aliphatic carboxylic acids is 1. The third-order valence-corrected chi connectivity index (χ3v) is 8.39. The molecule has 1 aromatic carbocycles. The average molecular weight is 578 g/mol. The van der Waals surface area contributed by atoms with E-state index in [1.165, 1.54) is 0 Å². The molecule has 10 nitrogen and oxygen atoms in total. The average Bonchev–Trinajstić information content (AvgIpc) is 3.71. The molecule has 1 aliphatic rings. The van der Waals surface area contributed by atoms with Crippen LogP contribution in [0.2, 0.25) is 0 Å². The molecule has 2 heterocycles. The summed E-state index contributed by atoms with van der Waals surface area (Å²) in [5.41, 5.74) is 1.58. The van der Waals surface area contributed by atoms with Crippen molar-refractivity contribution in [1.29, 1.82) is 0 Å². The molecular weight excluding hydrogens is 530 g/mol. The summed E-state index contributed by atoms with van der Waals surface area (Å²) in [6, 6.07) is 7.89. The Morgan fingerprint density at radius 2 is 1.40 bits per heavy atom. The summed E-state index contributed by atoms with van der Waals surface area (Å²) in [5, 5.41) is 10.1. The Kier molecular flexibility index (Phi) is 11.7. The number of nitrogens with one attached hydrogen (secondary N) is 2. The lowest BCUT2D eigenvalue weighted by Crippen LogP contribution is -2.50. The second-order valence-electron chi connectivity index (χ2n) is 11.4. The highest BCUT2D eigenvalue weighted by Gasteiger charge is 2.34. The Morgan fingerprint density at radius 3 is 1.86 bits per heavy atom. The minimum absolute atomic E-state index is 0.120. The van der Waals surface area contributed by atoms with Crippen molar-refractivity contribution in [3.63, 3.8) is 0 Å². The zero-order valence-electron chi connectivity index (χ0n) is 25.3. The van der Waals surface area contributed by atoms with Crippen molar-refractivity contribution >= 4 is 11.9 Å².